The highest BCUT2D eigenvalue weighted by atomic mass is 35.5. The first-order valence-corrected chi connectivity index (χ1v) is 10.7. The van der Waals surface area contributed by atoms with E-state index in [0.29, 0.717) is 25.1 Å². The number of aryl methyl sites for hydroxylation is 1. The molecule has 0 bridgehead atoms. The molecular formula is C22H30ClNO2. The van der Waals surface area contributed by atoms with Crippen LogP contribution in [0.2, 0.25) is 0 Å². The largest absolute Gasteiger partial charge is 0.312 e. The number of rotatable bonds is 7. The maximum Gasteiger partial charge on any atom is 0.226 e. The van der Waals surface area contributed by atoms with E-state index >= 15 is 0 Å². The van der Waals surface area contributed by atoms with Crippen molar-refractivity contribution in [1.29, 1.82) is 0 Å². The van der Waals surface area contributed by atoms with Gasteiger partial charge in [-0.3, -0.25) is 9.59 Å². The molecule has 142 valence electrons. The molecule has 1 saturated carbocycles. The number of fused-ring (bicyclic) bond motifs is 1. The highest BCUT2D eigenvalue weighted by Crippen LogP contribution is 2.31. The lowest BCUT2D eigenvalue weighted by atomic mass is 9.86. The van der Waals surface area contributed by atoms with Crippen LogP contribution in [0.15, 0.2) is 18.2 Å². The number of Topliss-reactive ketones (excluding diaryl/α,β-unsaturated/α-hetero) is 1. The second-order valence-electron chi connectivity index (χ2n) is 7.75. The Morgan fingerprint density at radius 2 is 1.88 bits per heavy atom. The molecule has 1 aromatic rings. The predicted molar refractivity (Wildman–Crippen MR) is 107 cm³/mol. The van der Waals surface area contributed by atoms with Gasteiger partial charge in [0.2, 0.25) is 5.91 Å². The lowest BCUT2D eigenvalue weighted by molar-refractivity contribution is -0.119. The summed E-state index contributed by atoms with van der Waals surface area (Å²) in [7, 11) is 0. The van der Waals surface area contributed by atoms with E-state index in [1.54, 1.807) is 0 Å². The number of carbonyl (C=O) groups excluding carboxylic acids is 2. The molecule has 1 fully saturated rings. The molecule has 2 aliphatic rings. The molecule has 1 aliphatic heterocycles. The van der Waals surface area contributed by atoms with Crippen LogP contribution in [0.25, 0.3) is 0 Å². The van der Waals surface area contributed by atoms with Crippen LogP contribution in [-0.4, -0.2) is 24.1 Å². The van der Waals surface area contributed by atoms with Gasteiger partial charge in [-0.1, -0.05) is 32.1 Å². The van der Waals surface area contributed by atoms with E-state index in [2.05, 4.69) is 0 Å². The number of hydrogen-bond acceptors (Lipinski definition) is 2. The van der Waals surface area contributed by atoms with E-state index in [1.807, 2.05) is 23.1 Å². The summed E-state index contributed by atoms with van der Waals surface area (Å²) in [5.41, 5.74) is 2.91. The highest BCUT2D eigenvalue weighted by molar-refractivity contribution is 6.18. The van der Waals surface area contributed by atoms with Gasteiger partial charge in [0.1, 0.15) is 0 Å². The van der Waals surface area contributed by atoms with Gasteiger partial charge < -0.3 is 4.90 Å². The molecule has 0 spiro atoms. The minimum atomic E-state index is 0.147. The minimum Gasteiger partial charge on any atom is -0.312 e. The average Bonchev–Trinajstić information content (AvgIpc) is 2.70. The summed E-state index contributed by atoms with van der Waals surface area (Å²) in [4.78, 5) is 27.0. The fourth-order valence-electron chi connectivity index (χ4n) is 4.34. The monoisotopic (exact) mass is 375 g/mol. The molecule has 0 atom stereocenters. The van der Waals surface area contributed by atoms with Gasteiger partial charge in [0, 0.05) is 36.5 Å². The summed E-state index contributed by atoms with van der Waals surface area (Å²) >= 11 is 5.69. The van der Waals surface area contributed by atoms with Crippen LogP contribution in [0.1, 0.15) is 80.1 Å². The molecule has 0 saturated heterocycles. The van der Waals surface area contributed by atoms with E-state index in [-0.39, 0.29) is 11.7 Å². The van der Waals surface area contributed by atoms with Crippen LogP contribution < -0.4 is 4.90 Å². The van der Waals surface area contributed by atoms with Crippen molar-refractivity contribution < 1.29 is 9.59 Å². The molecule has 1 aromatic carbocycles. The van der Waals surface area contributed by atoms with Gasteiger partial charge in [-0.2, -0.15) is 0 Å². The predicted octanol–water partition coefficient (Wildman–Crippen LogP) is 5.53. The Hall–Kier alpha value is -1.35. The average molecular weight is 376 g/mol. The van der Waals surface area contributed by atoms with E-state index in [9.17, 15) is 9.59 Å². The Morgan fingerprint density at radius 3 is 2.65 bits per heavy atom. The van der Waals surface area contributed by atoms with Crippen LogP contribution in [0.4, 0.5) is 5.69 Å². The van der Waals surface area contributed by atoms with E-state index < -0.39 is 0 Å². The Balaban J connectivity index is 1.64. The van der Waals surface area contributed by atoms with Gasteiger partial charge in [0.25, 0.3) is 0 Å². The maximum atomic E-state index is 12.8. The first-order chi connectivity index (χ1) is 12.7. The molecule has 0 N–H and O–H groups in total. The Morgan fingerprint density at radius 1 is 1.08 bits per heavy atom. The molecule has 26 heavy (non-hydrogen) atoms. The summed E-state index contributed by atoms with van der Waals surface area (Å²) in [6.45, 7) is 0.802. The molecular weight excluding hydrogens is 346 g/mol. The lowest BCUT2D eigenvalue weighted by Crippen LogP contribution is -2.35. The summed E-state index contributed by atoms with van der Waals surface area (Å²) in [5, 5.41) is 0. The molecule has 0 unspecified atom stereocenters. The molecule has 0 aromatic heterocycles. The molecule has 3 rings (SSSR count). The van der Waals surface area contributed by atoms with Crippen molar-refractivity contribution in [3.8, 4) is 0 Å². The second kappa shape index (κ2) is 9.55. The quantitative estimate of drug-likeness (QED) is 0.464. The van der Waals surface area contributed by atoms with Crippen molar-refractivity contribution >= 4 is 29.0 Å². The molecule has 3 nitrogen and oxygen atoms in total. The first-order valence-electron chi connectivity index (χ1n) is 10.2. The topological polar surface area (TPSA) is 37.4 Å². The molecule has 0 radical (unpaired) electrons. The van der Waals surface area contributed by atoms with E-state index in [0.717, 1.165) is 48.5 Å². The van der Waals surface area contributed by atoms with Crippen LogP contribution in [0, 0.1) is 5.92 Å². The van der Waals surface area contributed by atoms with Crippen molar-refractivity contribution in [2.75, 3.05) is 17.3 Å². The third-order valence-electron chi connectivity index (χ3n) is 5.85. The number of hydrogen-bond donors (Lipinski definition) is 0. The minimum absolute atomic E-state index is 0.147. The van der Waals surface area contributed by atoms with Crippen molar-refractivity contribution in [3.05, 3.63) is 29.3 Å². The SMILES string of the molecule is O=C(CCCCl)c1ccc2c(c1)CCCN2C(=O)CCC1CCCCC1. The normalized spacial score (nSPS) is 17.8. The van der Waals surface area contributed by atoms with Gasteiger partial charge in [-0.05, 0) is 55.4 Å². The highest BCUT2D eigenvalue weighted by Gasteiger charge is 2.24. The Labute approximate surface area is 162 Å². The zero-order valence-electron chi connectivity index (χ0n) is 15.6. The van der Waals surface area contributed by atoms with Crippen LogP contribution in [0.5, 0.6) is 0 Å². The van der Waals surface area contributed by atoms with Crippen molar-refractivity contribution in [1.82, 2.24) is 0 Å². The summed E-state index contributed by atoms with van der Waals surface area (Å²) in [5.74, 6) is 1.64. The fraction of sp³-hybridized carbons (Fsp3) is 0.636. The standard InChI is InChI=1S/C22H30ClNO2/c23-14-4-9-21(25)19-11-12-20-18(16-19)8-5-15-24(20)22(26)13-10-17-6-2-1-3-7-17/h11-12,16-17H,1-10,13-15H2. The van der Waals surface area contributed by atoms with Gasteiger partial charge in [-0.25, -0.2) is 0 Å². The molecule has 1 amide bonds. The number of nitrogens with zero attached hydrogens (tertiary/aromatic N) is 1. The third kappa shape index (κ3) is 4.88. The van der Waals surface area contributed by atoms with Crippen molar-refractivity contribution in [2.45, 2.75) is 70.6 Å². The maximum absolute atomic E-state index is 12.8. The smallest absolute Gasteiger partial charge is 0.226 e. The third-order valence-corrected chi connectivity index (χ3v) is 6.12. The number of anilines is 1. The van der Waals surface area contributed by atoms with Crippen LogP contribution in [0.3, 0.4) is 0 Å². The lowest BCUT2D eigenvalue weighted by Gasteiger charge is -2.31. The van der Waals surface area contributed by atoms with Crippen molar-refractivity contribution in [2.24, 2.45) is 5.92 Å². The van der Waals surface area contributed by atoms with Crippen LogP contribution >= 0.6 is 11.6 Å². The fourth-order valence-corrected chi connectivity index (χ4v) is 4.47. The molecule has 1 heterocycles. The first kappa shape index (κ1) is 19.4. The number of carbonyl (C=O) groups is 2. The number of amides is 1. The number of benzene rings is 1. The van der Waals surface area contributed by atoms with Crippen molar-refractivity contribution in [3.63, 3.8) is 0 Å². The van der Waals surface area contributed by atoms with Gasteiger partial charge in [0.15, 0.2) is 5.78 Å². The summed E-state index contributed by atoms with van der Waals surface area (Å²) < 4.78 is 0. The van der Waals surface area contributed by atoms with Gasteiger partial charge in [0.05, 0.1) is 0 Å². The zero-order chi connectivity index (χ0) is 18.4. The van der Waals surface area contributed by atoms with E-state index in [4.69, 9.17) is 11.6 Å². The van der Waals surface area contributed by atoms with Gasteiger partial charge in [-0.15, -0.1) is 11.6 Å². The summed E-state index contributed by atoms with van der Waals surface area (Å²) in [6, 6.07) is 5.84. The number of ketones is 1. The number of halogens is 1. The number of alkyl halides is 1. The molecule has 4 heteroatoms. The van der Waals surface area contributed by atoms with Gasteiger partial charge >= 0.3 is 0 Å². The van der Waals surface area contributed by atoms with E-state index in [1.165, 1.54) is 32.1 Å². The second-order valence-corrected chi connectivity index (χ2v) is 8.13. The summed E-state index contributed by atoms with van der Waals surface area (Å²) in [6.07, 6.45) is 11.4. The molecule has 1 aliphatic carbocycles. The Bertz CT molecular complexity index is 637. The van der Waals surface area contributed by atoms with Crippen LogP contribution in [-0.2, 0) is 11.2 Å². The zero-order valence-corrected chi connectivity index (χ0v) is 16.4. The Kier molecular flexibility index (Phi) is 7.13.